The molecule has 0 N–H and O–H groups in total. The molecule has 0 saturated carbocycles. The first kappa shape index (κ1) is 12.7. The normalized spacial score (nSPS) is 11.5. The number of rotatable bonds is 4. The summed E-state index contributed by atoms with van der Waals surface area (Å²) in [6.07, 6.45) is 1.54. The smallest absolute Gasteiger partial charge is 0.235 e. The van der Waals surface area contributed by atoms with Crippen molar-refractivity contribution in [2.45, 2.75) is 13.0 Å². The van der Waals surface area contributed by atoms with Crippen LogP contribution in [0.5, 0.6) is 11.5 Å². The quantitative estimate of drug-likeness (QED) is 0.631. The van der Waals surface area contributed by atoms with E-state index in [1.807, 2.05) is 6.07 Å². The molecule has 0 aromatic heterocycles. The Morgan fingerprint density at radius 1 is 1.38 bits per heavy atom. The van der Waals surface area contributed by atoms with Gasteiger partial charge in [0.15, 0.2) is 11.5 Å². The fraction of sp³-hybridized carbons (Fsp3) is 0.364. The van der Waals surface area contributed by atoms with Crippen molar-refractivity contribution in [3.63, 3.8) is 0 Å². The molecule has 0 saturated heterocycles. The van der Waals surface area contributed by atoms with Crippen molar-refractivity contribution in [1.82, 2.24) is 0 Å². The van der Waals surface area contributed by atoms with Gasteiger partial charge in [-0.05, 0) is 40.5 Å². The Hall–Kier alpha value is -1.32. The Morgan fingerprint density at radius 3 is 2.56 bits per heavy atom. The molecular formula is C11H12BrNO3. The summed E-state index contributed by atoms with van der Waals surface area (Å²) >= 11 is 3.37. The van der Waals surface area contributed by atoms with Gasteiger partial charge in [0.05, 0.1) is 24.7 Å². The van der Waals surface area contributed by atoms with Crippen LogP contribution in [-0.4, -0.2) is 20.3 Å². The maximum atomic E-state index is 10.2. The first-order valence-electron chi connectivity index (χ1n) is 4.62. The summed E-state index contributed by atoms with van der Waals surface area (Å²) in [5.74, 6) is 1.22. The third-order valence-corrected chi connectivity index (χ3v) is 2.77. The van der Waals surface area contributed by atoms with Crippen molar-refractivity contribution >= 4 is 22.0 Å². The molecule has 1 rings (SSSR count). The van der Waals surface area contributed by atoms with Crippen LogP contribution in [0.15, 0.2) is 21.6 Å². The highest BCUT2D eigenvalue weighted by molar-refractivity contribution is 9.10. The predicted molar refractivity (Wildman–Crippen MR) is 63.8 cm³/mol. The largest absolute Gasteiger partial charge is 0.493 e. The predicted octanol–water partition coefficient (Wildman–Crippen LogP) is 2.86. The van der Waals surface area contributed by atoms with Gasteiger partial charge in [-0.3, -0.25) is 0 Å². The molecule has 1 aromatic carbocycles. The van der Waals surface area contributed by atoms with E-state index in [1.165, 1.54) is 6.08 Å². The number of methoxy groups -OCH3 is 2. The molecule has 5 heteroatoms. The lowest BCUT2D eigenvalue weighted by Gasteiger charge is -2.13. The van der Waals surface area contributed by atoms with Gasteiger partial charge < -0.3 is 9.47 Å². The Labute approximate surface area is 102 Å². The molecular weight excluding hydrogens is 274 g/mol. The monoisotopic (exact) mass is 285 g/mol. The summed E-state index contributed by atoms with van der Waals surface area (Å²) in [6.45, 7) is 1.80. The molecule has 0 aliphatic carbocycles. The molecule has 86 valence electrons. The maximum absolute atomic E-state index is 10.2. The lowest BCUT2D eigenvalue weighted by molar-refractivity contribution is 0.352. The van der Waals surface area contributed by atoms with Gasteiger partial charge in [-0.1, -0.05) is 0 Å². The minimum Gasteiger partial charge on any atom is -0.493 e. The molecule has 0 radical (unpaired) electrons. The SMILES string of the molecule is COc1cc(C(C)N=C=O)cc(Br)c1OC. The molecule has 1 atom stereocenters. The summed E-state index contributed by atoms with van der Waals surface area (Å²) in [5, 5.41) is 0. The number of ether oxygens (including phenoxy) is 2. The van der Waals surface area contributed by atoms with Gasteiger partial charge in [0.25, 0.3) is 0 Å². The van der Waals surface area contributed by atoms with E-state index in [9.17, 15) is 4.79 Å². The van der Waals surface area contributed by atoms with Gasteiger partial charge in [-0.2, -0.15) is 4.99 Å². The van der Waals surface area contributed by atoms with Gasteiger partial charge in [-0.25, -0.2) is 4.79 Å². The third kappa shape index (κ3) is 2.62. The zero-order chi connectivity index (χ0) is 12.1. The molecule has 0 bridgehead atoms. The third-order valence-electron chi connectivity index (χ3n) is 2.18. The van der Waals surface area contributed by atoms with Crippen molar-refractivity contribution in [3.8, 4) is 11.5 Å². The van der Waals surface area contributed by atoms with Gasteiger partial charge in [-0.15, -0.1) is 0 Å². The van der Waals surface area contributed by atoms with E-state index in [0.717, 1.165) is 10.0 Å². The van der Waals surface area contributed by atoms with Crippen LogP contribution >= 0.6 is 15.9 Å². The Kier molecular flexibility index (Phi) is 4.52. The van der Waals surface area contributed by atoms with Crippen molar-refractivity contribution < 1.29 is 14.3 Å². The highest BCUT2D eigenvalue weighted by atomic mass is 79.9. The number of hydrogen-bond acceptors (Lipinski definition) is 4. The van der Waals surface area contributed by atoms with Gasteiger partial charge in [0.2, 0.25) is 6.08 Å². The zero-order valence-electron chi connectivity index (χ0n) is 9.28. The Bertz CT molecular complexity index is 427. The second-order valence-electron chi connectivity index (χ2n) is 3.13. The fourth-order valence-corrected chi connectivity index (χ4v) is 1.95. The topological polar surface area (TPSA) is 47.9 Å². The molecule has 0 fully saturated rings. The van der Waals surface area contributed by atoms with Crippen molar-refractivity contribution in [2.24, 2.45) is 4.99 Å². The van der Waals surface area contributed by atoms with E-state index < -0.39 is 0 Å². The van der Waals surface area contributed by atoms with Crippen LogP contribution in [0, 0.1) is 0 Å². The van der Waals surface area contributed by atoms with Crippen LogP contribution in [0.4, 0.5) is 0 Å². The second-order valence-corrected chi connectivity index (χ2v) is 3.99. The number of carbonyl (C=O) groups excluding carboxylic acids is 1. The lowest BCUT2D eigenvalue weighted by atomic mass is 10.1. The van der Waals surface area contributed by atoms with Gasteiger partial charge in [0, 0.05) is 0 Å². The number of aliphatic imine (C=N–C) groups is 1. The highest BCUT2D eigenvalue weighted by Crippen LogP contribution is 2.38. The average molecular weight is 286 g/mol. The molecule has 0 aliphatic rings. The minimum atomic E-state index is -0.256. The number of isocyanates is 1. The highest BCUT2D eigenvalue weighted by Gasteiger charge is 2.13. The molecule has 1 unspecified atom stereocenters. The Morgan fingerprint density at radius 2 is 2.06 bits per heavy atom. The van der Waals surface area contributed by atoms with Crippen molar-refractivity contribution in [2.75, 3.05) is 14.2 Å². The van der Waals surface area contributed by atoms with Crippen LogP contribution in [0.1, 0.15) is 18.5 Å². The molecule has 0 aliphatic heterocycles. The van der Waals surface area contributed by atoms with Gasteiger partial charge in [0.1, 0.15) is 0 Å². The molecule has 0 heterocycles. The first-order chi connectivity index (χ1) is 7.63. The van der Waals surface area contributed by atoms with E-state index in [1.54, 1.807) is 27.2 Å². The number of benzene rings is 1. The number of nitrogens with zero attached hydrogens (tertiary/aromatic N) is 1. The first-order valence-corrected chi connectivity index (χ1v) is 5.41. The van der Waals surface area contributed by atoms with Gasteiger partial charge >= 0.3 is 0 Å². The summed E-state index contributed by atoms with van der Waals surface area (Å²) in [4.78, 5) is 13.8. The summed E-state index contributed by atoms with van der Waals surface area (Å²) in [7, 11) is 3.12. The number of halogens is 1. The van der Waals surface area contributed by atoms with E-state index in [-0.39, 0.29) is 6.04 Å². The van der Waals surface area contributed by atoms with Crippen molar-refractivity contribution in [1.29, 1.82) is 0 Å². The van der Waals surface area contributed by atoms with Crippen LogP contribution in [0.3, 0.4) is 0 Å². The lowest BCUT2D eigenvalue weighted by Crippen LogP contribution is -1.96. The van der Waals surface area contributed by atoms with Crippen LogP contribution < -0.4 is 9.47 Å². The number of hydrogen-bond donors (Lipinski definition) is 0. The fourth-order valence-electron chi connectivity index (χ4n) is 1.33. The molecule has 4 nitrogen and oxygen atoms in total. The second kappa shape index (κ2) is 5.68. The maximum Gasteiger partial charge on any atom is 0.235 e. The van der Waals surface area contributed by atoms with E-state index >= 15 is 0 Å². The van der Waals surface area contributed by atoms with Crippen LogP contribution in [0.25, 0.3) is 0 Å². The van der Waals surface area contributed by atoms with E-state index in [2.05, 4.69) is 20.9 Å². The molecule has 0 amide bonds. The Balaban J connectivity index is 3.24. The standard InChI is InChI=1S/C11H12BrNO3/c1-7(13-6-14)8-4-9(12)11(16-3)10(5-8)15-2/h4-5,7H,1-3H3. The average Bonchev–Trinajstić information content (AvgIpc) is 2.28. The summed E-state index contributed by atoms with van der Waals surface area (Å²) in [5.41, 5.74) is 0.855. The zero-order valence-corrected chi connectivity index (χ0v) is 10.9. The van der Waals surface area contributed by atoms with Crippen LogP contribution in [0.2, 0.25) is 0 Å². The molecule has 16 heavy (non-hydrogen) atoms. The summed E-state index contributed by atoms with van der Waals surface area (Å²) in [6, 6.07) is 3.37. The summed E-state index contributed by atoms with van der Waals surface area (Å²) < 4.78 is 11.1. The van der Waals surface area contributed by atoms with Crippen molar-refractivity contribution in [3.05, 3.63) is 22.2 Å². The van der Waals surface area contributed by atoms with E-state index in [0.29, 0.717) is 11.5 Å². The molecule has 1 aromatic rings. The van der Waals surface area contributed by atoms with Crippen LogP contribution in [-0.2, 0) is 4.79 Å². The van der Waals surface area contributed by atoms with E-state index in [4.69, 9.17) is 9.47 Å². The minimum absolute atomic E-state index is 0.256. The molecule has 0 spiro atoms.